The van der Waals surface area contributed by atoms with E-state index in [0.717, 1.165) is 17.8 Å². The summed E-state index contributed by atoms with van der Waals surface area (Å²) in [7, 11) is 0. The van der Waals surface area contributed by atoms with Crippen LogP contribution in [-0.2, 0) is 4.79 Å². The van der Waals surface area contributed by atoms with E-state index < -0.39 is 11.5 Å². The third kappa shape index (κ3) is 4.17. The average Bonchev–Trinajstić information content (AvgIpc) is 3.17. The maximum Gasteiger partial charge on any atom is 0.345 e. The number of hydrogen-bond donors (Lipinski definition) is 1. The zero-order valence-corrected chi connectivity index (χ0v) is 18.4. The lowest BCUT2D eigenvalue weighted by Gasteiger charge is -2.41. The number of carboxylic acid groups (broad SMARTS) is 1. The highest BCUT2D eigenvalue weighted by Crippen LogP contribution is 2.41. The Balaban J connectivity index is 2.27. The molecule has 0 atom stereocenters. The van der Waals surface area contributed by atoms with Crippen LogP contribution in [0.25, 0.3) is 16.2 Å². The molecule has 3 heterocycles. The Morgan fingerprint density at radius 3 is 2.45 bits per heavy atom. The molecule has 0 spiro atoms. The van der Waals surface area contributed by atoms with Crippen molar-refractivity contribution in [1.82, 2.24) is 14.4 Å². The molecule has 0 bridgehead atoms. The van der Waals surface area contributed by atoms with E-state index in [1.165, 1.54) is 0 Å². The van der Waals surface area contributed by atoms with Gasteiger partial charge in [-0.05, 0) is 37.8 Å². The lowest BCUT2D eigenvalue weighted by Crippen LogP contribution is -2.50. The predicted molar refractivity (Wildman–Crippen MR) is 115 cm³/mol. The van der Waals surface area contributed by atoms with Crippen LogP contribution in [0.1, 0.15) is 57.6 Å². The number of anilines is 1. The zero-order valence-electron chi connectivity index (χ0n) is 17.6. The normalized spacial score (nSPS) is 12.3. The molecule has 3 rings (SSSR count). The number of fused-ring (bicyclic) bond motifs is 1. The third-order valence-corrected chi connectivity index (χ3v) is 5.63. The molecule has 0 aliphatic carbocycles. The van der Waals surface area contributed by atoms with Crippen molar-refractivity contribution in [3.8, 4) is 10.6 Å². The molecular weight excluding hydrogens is 388 g/mol. The van der Waals surface area contributed by atoms with Gasteiger partial charge < -0.3 is 5.11 Å². The molecule has 3 aromatic rings. The summed E-state index contributed by atoms with van der Waals surface area (Å²) in [6.45, 7) is 12.1. The maximum atomic E-state index is 12.9. The molecule has 0 saturated heterocycles. The van der Waals surface area contributed by atoms with Crippen molar-refractivity contribution in [3.05, 3.63) is 35.6 Å². The van der Waals surface area contributed by atoms with E-state index in [1.54, 1.807) is 42.5 Å². The molecule has 8 heteroatoms. The average molecular weight is 415 g/mol. The fourth-order valence-corrected chi connectivity index (χ4v) is 4.92. The summed E-state index contributed by atoms with van der Waals surface area (Å²) < 4.78 is 1.84. The smallest absolute Gasteiger partial charge is 0.345 e. The molecule has 0 radical (unpaired) electrons. The van der Waals surface area contributed by atoms with Crippen LogP contribution in [0.4, 0.5) is 5.82 Å². The lowest BCUT2D eigenvalue weighted by molar-refractivity contribution is -0.117. The molecular formula is C21H26N4O3S. The van der Waals surface area contributed by atoms with E-state index in [2.05, 4.69) is 25.8 Å². The van der Waals surface area contributed by atoms with Crippen LogP contribution < -0.4 is 4.90 Å². The number of nitrogens with zero attached hydrogens (tertiary/aromatic N) is 4. The van der Waals surface area contributed by atoms with Gasteiger partial charge in [0.1, 0.15) is 16.4 Å². The van der Waals surface area contributed by atoms with Gasteiger partial charge in [0.15, 0.2) is 5.65 Å². The van der Waals surface area contributed by atoms with Crippen molar-refractivity contribution in [1.29, 1.82) is 0 Å². The minimum absolute atomic E-state index is 0.00117. The number of thiophene rings is 1. The van der Waals surface area contributed by atoms with E-state index in [9.17, 15) is 14.7 Å². The van der Waals surface area contributed by atoms with Crippen LogP contribution in [0, 0.1) is 5.41 Å². The second-order valence-corrected chi connectivity index (χ2v) is 10.0. The molecule has 0 fully saturated rings. The number of rotatable bonds is 5. The Morgan fingerprint density at radius 2 is 1.90 bits per heavy atom. The number of hydrogen-bond acceptors (Lipinski definition) is 5. The second kappa shape index (κ2) is 7.26. The van der Waals surface area contributed by atoms with E-state index in [0.29, 0.717) is 22.0 Å². The summed E-state index contributed by atoms with van der Waals surface area (Å²) in [5.41, 5.74) is 0.678. The molecule has 1 amide bonds. The number of imidazole rings is 1. The van der Waals surface area contributed by atoms with Crippen molar-refractivity contribution >= 4 is 34.7 Å². The second-order valence-electron chi connectivity index (χ2n) is 8.96. The van der Waals surface area contributed by atoms with Crippen LogP contribution in [0.3, 0.4) is 0 Å². The number of aromatic nitrogens is 3. The number of aromatic carboxylic acids is 1. The van der Waals surface area contributed by atoms with Crippen LogP contribution in [0.5, 0.6) is 0 Å². The van der Waals surface area contributed by atoms with Crippen LogP contribution in [0.2, 0.25) is 0 Å². The van der Waals surface area contributed by atoms with E-state index in [4.69, 9.17) is 4.98 Å². The van der Waals surface area contributed by atoms with Gasteiger partial charge in [-0.2, -0.15) is 0 Å². The minimum atomic E-state index is -0.982. The Kier molecular flexibility index (Phi) is 5.25. The first kappa shape index (κ1) is 21.0. The van der Waals surface area contributed by atoms with E-state index >= 15 is 0 Å². The van der Waals surface area contributed by atoms with Gasteiger partial charge >= 0.3 is 5.97 Å². The summed E-state index contributed by atoms with van der Waals surface area (Å²) in [5, 5.41) is 9.32. The van der Waals surface area contributed by atoms with Gasteiger partial charge in [-0.25, -0.2) is 9.78 Å². The molecule has 1 N–H and O–H groups in total. The standard InChI is InChI=1S/C21H26N4O3S/c1-13(26)25(21(5,6)12-20(2,3)4)18-17(14-7-8-15(29-14)19(27)28)23-16-11-22-9-10-24(16)18/h7-11H,12H2,1-6H3,(H,27,28). The Bertz CT molecular complexity index is 1080. The minimum Gasteiger partial charge on any atom is -0.477 e. The van der Waals surface area contributed by atoms with Gasteiger partial charge in [0.25, 0.3) is 0 Å². The fraction of sp³-hybridized carbons (Fsp3) is 0.429. The quantitative estimate of drug-likeness (QED) is 0.652. The van der Waals surface area contributed by atoms with Crippen molar-refractivity contribution < 1.29 is 14.7 Å². The SMILES string of the molecule is CC(=O)N(c1c(-c2ccc(C(=O)O)s2)nc2cnccn12)C(C)(C)CC(C)(C)C. The largest absolute Gasteiger partial charge is 0.477 e. The highest BCUT2D eigenvalue weighted by atomic mass is 32.1. The topological polar surface area (TPSA) is 87.8 Å². The summed E-state index contributed by atoms with van der Waals surface area (Å²) in [4.78, 5) is 35.8. The van der Waals surface area contributed by atoms with Crippen molar-refractivity contribution in [2.75, 3.05) is 4.90 Å². The van der Waals surface area contributed by atoms with Crippen molar-refractivity contribution in [3.63, 3.8) is 0 Å². The molecule has 0 aromatic carbocycles. The third-order valence-electron chi connectivity index (χ3n) is 4.55. The highest BCUT2D eigenvalue weighted by Gasteiger charge is 2.38. The highest BCUT2D eigenvalue weighted by molar-refractivity contribution is 7.17. The van der Waals surface area contributed by atoms with Crippen LogP contribution in [-0.4, -0.2) is 36.9 Å². The van der Waals surface area contributed by atoms with Crippen molar-refractivity contribution in [2.24, 2.45) is 5.41 Å². The maximum absolute atomic E-state index is 12.9. The predicted octanol–water partition coefficient (Wildman–Crippen LogP) is 4.72. The van der Waals surface area contributed by atoms with E-state index in [1.807, 2.05) is 18.2 Å². The number of amides is 1. The molecule has 0 aliphatic heterocycles. The van der Waals surface area contributed by atoms with Gasteiger partial charge in [-0.3, -0.25) is 19.1 Å². The fourth-order valence-electron chi connectivity index (χ4n) is 4.09. The number of carbonyl (C=O) groups excluding carboxylic acids is 1. The Morgan fingerprint density at radius 1 is 1.21 bits per heavy atom. The first-order valence-electron chi connectivity index (χ1n) is 9.37. The van der Waals surface area contributed by atoms with Crippen molar-refractivity contribution in [2.45, 2.75) is 53.5 Å². The van der Waals surface area contributed by atoms with Gasteiger partial charge in [0, 0.05) is 24.9 Å². The summed E-state index contributed by atoms with van der Waals surface area (Å²) in [6, 6.07) is 3.30. The summed E-state index contributed by atoms with van der Waals surface area (Å²) in [6.07, 6.45) is 5.82. The number of carbonyl (C=O) groups is 2. The molecule has 29 heavy (non-hydrogen) atoms. The van der Waals surface area contributed by atoms with E-state index in [-0.39, 0.29) is 16.2 Å². The molecule has 7 nitrogen and oxygen atoms in total. The number of carboxylic acids is 1. The zero-order chi connectivity index (χ0) is 21.6. The Labute approximate surface area is 174 Å². The first-order valence-corrected chi connectivity index (χ1v) is 10.2. The molecule has 0 aliphatic rings. The monoisotopic (exact) mass is 414 g/mol. The Hall–Kier alpha value is -2.74. The van der Waals surface area contributed by atoms with Gasteiger partial charge in [0.05, 0.1) is 11.1 Å². The van der Waals surface area contributed by atoms with Gasteiger partial charge in [-0.1, -0.05) is 20.8 Å². The van der Waals surface area contributed by atoms with Crippen LogP contribution in [0.15, 0.2) is 30.7 Å². The van der Waals surface area contributed by atoms with Crippen LogP contribution >= 0.6 is 11.3 Å². The molecule has 0 unspecified atom stereocenters. The van der Waals surface area contributed by atoms with Gasteiger partial charge in [0.2, 0.25) is 5.91 Å². The van der Waals surface area contributed by atoms with Gasteiger partial charge in [-0.15, -0.1) is 11.3 Å². The summed E-state index contributed by atoms with van der Waals surface area (Å²) in [5.74, 6) is -0.457. The first-order chi connectivity index (χ1) is 13.4. The molecule has 0 saturated carbocycles. The lowest BCUT2D eigenvalue weighted by atomic mass is 9.80. The molecule has 154 valence electrons. The molecule has 3 aromatic heterocycles. The summed E-state index contributed by atoms with van der Waals surface area (Å²) >= 11 is 1.14.